The molecule has 3 aromatic carbocycles. The highest BCUT2D eigenvalue weighted by atomic mass is 79.9. The van der Waals surface area contributed by atoms with Gasteiger partial charge in [0.1, 0.15) is 13.1 Å². The third-order valence-electron chi connectivity index (χ3n) is 6.99. The number of carbonyl (C=O) groups excluding carboxylic acids is 1. The lowest BCUT2D eigenvalue weighted by atomic mass is 9.76. The van der Waals surface area contributed by atoms with E-state index >= 15 is 0 Å². The number of Topliss-reactive ketones (excluding diaryl/α,β-unsaturated/α-hetero) is 1. The van der Waals surface area contributed by atoms with Gasteiger partial charge in [0.15, 0.2) is 0 Å². The van der Waals surface area contributed by atoms with Crippen LogP contribution in [-0.4, -0.2) is 36.4 Å². The molecule has 3 aromatic rings. The second-order valence-corrected chi connectivity index (χ2v) is 9.86. The van der Waals surface area contributed by atoms with Gasteiger partial charge in [0.25, 0.3) is 0 Å². The van der Waals surface area contributed by atoms with Crippen LogP contribution >= 0.6 is 15.9 Å². The first-order valence-corrected chi connectivity index (χ1v) is 11.9. The summed E-state index contributed by atoms with van der Waals surface area (Å²) in [7, 11) is 0. The highest BCUT2D eigenvalue weighted by Crippen LogP contribution is 2.43. The van der Waals surface area contributed by atoms with Crippen LogP contribution in [0.15, 0.2) is 95.0 Å². The van der Waals surface area contributed by atoms with Crippen molar-refractivity contribution >= 4 is 27.3 Å². The minimum atomic E-state index is 0.258. The molecule has 0 amide bonds. The first-order valence-electron chi connectivity index (χ1n) is 11.1. The predicted octanol–water partition coefficient (Wildman–Crippen LogP) is 6.37. The SMILES string of the molecule is O=C(C[N+]12CCC(CC1)C(=C(c1ccccc1)c1ccccc1)C2)c1ccc(Br)cc1. The van der Waals surface area contributed by atoms with E-state index < -0.39 is 0 Å². The van der Waals surface area contributed by atoms with E-state index in [0.29, 0.717) is 12.5 Å². The summed E-state index contributed by atoms with van der Waals surface area (Å²) in [4.78, 5) is 13.2. The molecule has 3 saturated heterocycles. The molecule has 31 heavy (non-hydrogen) atoms. The molecule has 3 heterocycles. The van der Waals surface area contributed by atoms with Gasteiger partial charge in [0.05, 0.1) is 13.1 Å². The summed E-state index contributed by atoms with van der Waals surface area (Å²) in [5.74, 6) is 0.881. The van der Waals surface area contributed by atoms with Crippen LogP contribution in [0.1, 0.15) is 34.3 Å². The largest absolute Gasteiger partial charge is 0.314 e. The molecule has 0 saturated carbocycles. The molecule has 6 rings (SSSR count). The number of nitrogens with zero attached hydrogens (tertiary/aromatic N) is 1. The van der Waals surface area contributed by atoms with Crippen LogP contribution in [0.3, 0.4) is 0 Å². The normalized spacial score (nSPS) is 22.4. The van der Waals surface area contributed by atoms with Crippen molar-refractivity contribution in [3.8, 4) is 0 Å². The molecule has 3 aliphatic rings. The van der Waals surface area contributed by atoms with Crippen LogP contribution in [0.4, 0.5) is 0 Å². The molecule has 3 heteroatoms. The summed E-state index contributed by atoms with van der Waals surface area (Å²) in [5.41, 5.74) is 6.31. The minimum Gasteiger partial charge on any atom is -0.314 e. The second kappa shape index (κ2) is 8.57. The molecule has 0 N–H and O–H groups in total. The summed E-state index contributed by atoms with van der Waals surface area (Å²) in [6.45, 7) is 3.78. The highest BCUT2D eigenvalue weighted by Gasteiger charge is 2.45. The van der Waals surface area contributed by atoms with Gasteiger partial charge in [-0.05, 0) is 40.3 Å². The molecule has 0 aliphatic carbocycles. The summed E-state index contributed by atoms with van der Waals surface area (Å²) < 4.78 is 1.90. The summed E-state index contributed by atoms with van der Waals surface area (Å²) >= 11 is 3.47. The zero-order valence-electron chi connectivity index (χ0n) is 17.6. The van der Waals surface area contributed by atoms with Crippen LogP contribution in [0.5, 0.6) is 0 Å². The Morgan fingerprint density at radius 2 is 1.32 bits per heavy atom. The molecule has 156 valence electrons. The predicted molar refractivity (Wildman–Crippen MR) is 130 cm³/mol. The van der Waals surface area contributed by atoms with Crippen LogP contribution in [0.2, 0.25) is 0 Å². The first-order chi connectivity index (χ1) is 15.1. The number of benzene rings is 3. The molecule has 0 unspecified atom stereocenters. The summed E-state index contributed by atoms with van der Waals surface area (Å²) in [5, 5.41) is 0. The molecule has 0 aromatic heterocycles. The fraction of sp³-hybridized carbons (Fsp3) is 0.250. The second-order valence-electron chi connectivity index (χ2n) is 8.94. The average Bonchev–Trinajstić information content (AvgIpc) is 2.82. The smallest absolute Gasteiger partial charge is 0.216 e. The number of ketones is 1. The van der Waals surface area contributed by atoms with Gasteiger partial charge in [0, 0.05) is 22.9 Å². The van der Waals surface area contributed by atoms with Crippen molar-refractivity contribution < 1.29 is 9.28 Å². The highest BCUT2D eigenvalue weighted by molar-refractivity contribution is 9.10. The molecule has 0 atom stereocenters. The Morgan fingerprint density at radius 3 is 1.87 bits per heavy atom. The number of hydrogen-bond acceptors (Lipinski definition) is 1. The molecule has 0 spiro atoms. The quantitative estimate of drug-likeness (QED) is 0.311. The molecule has 2 nitrogen and oxygen atoms in total. The number of hydrogen-bond donors (Lipinski definition) is 0. The number of carbonyl (C=O) groups is 1. The van der Waals surface area contributed by atoms with Crippen molar-refractivity contribution in [2.75, 3.05) is 26.2 Å². The maximum Gasteiger partial charge on any atom is 0.216 e. The Morgan fingerprint density at radius 1 is 0.774 bits per heavy atom. The zero-order chi connectivity index (χ0) is 21.3. The zero-order valence-corrected chi connectivity index (χ0v) is 19.2. The standard InChI is InChI=1S/C28H27BrNO/c29-25-13-11-22(12-14-25)27(31)20-30-17-15-21(16-18-30)26(19-30)28(23-7-3-1-4-8-23)24-9-5-2-6-10-24/h1-14,21H,15-20H2/q+1. The van der Waals surface area contributed by atoms with Crippen molar-refractivity contribution in [3.05, 3.63) is 112 Å². The Labute approximate surface area is 192 Å². The van der Waals surface area contributed by atoms with E-state index in [1.807, 2.05) is 24.3 Å². The van der Waals surface area contributed by atoms with E-state index in [0.717, 1.165) is 34.2 Å². The van der Waals surface area contributed by atoms with Gasteiger partial charge in [-0.15, -0.1) is 0 Å². The van der Waals surface area contributed by atoms with Crippen molar-refractivity contribution in [1.82, 2.24) is 0 Å². The van der Waals surface area contributed by atoms with E-state index in [4.69, 9.17) is 0 Å². The molecular formula is C28H27BrNO+. The van der Waals surface area contributed by atoms with E-state index in [1.165, 1.54) is 29.5 Å². The van der Waals surface area contributed by atoms with Crippen LogP contribution < -0.4 is 0 Å². The van der Waals surface area contributed by atoms with Crippen LogP contribution in [0.25, 0.3) is 5.57 Å². The Bertz CT molecular complexity index is 1050. The number of halogens is 1. The van der Waals surface area contributed by atoms with Crippen molar-refractivity contribution in [2.24, 2.45) is 5.92 Å². The lowest BCUT2D eigenvalue weighted by Gasteiger charge is -2.50. The molecule has 3 fully saturated rings. The Balaban J connectivity index is 1.52. The van der Waals surface area contributed by atoms with Crippen molar-refractivity contribution in [2.45, 2.75) is 12.8 Å². The fourth-order valence-electron chi connectivity index (χ4n) is 5.39. The van der Waals surface area contributed by atoms with Gasteiger partial charge in [-0.3, -0.25) is 4.79 Å². The average molecular weight is 473 g/mol. The van der Waals surface area contributed by atoms with Gasteiger partial charge in [-0.25, -0.2) is 0 Å². The number of quaternary nitrogens is 1. The van der Waals surface area contributed by atoms with E-state index in [2.05, 4.69) is 76.6 Å². The van der Waals surface area contributed by atoms with E-state index in [-0.39, 0.29) is 5.78 Å². The maximum atomic E-state index is 13.2. The number of piperidine rings is 3. The third-order valence-corrected chi connectivity index (χ3v) is 7.52. The van der Waals surface area contributed by atoms with Gasteiger partial charge in [-0.2, -0.15) is 0 Å². The lowest BCUT2D eigenvalue weighted by Crippen LogP contribution is -2.61. The Kier molecular flexibility index (Phi) is 5.64. The van der Waals surface area contributed by atoms with Crippen molar-refractivity contribution in [1.29, 1.82) is 0 Å². The molecule has 0 radical (unpaired) electrons. The molecule has 2 bridgehead atoms. The van der Waals surface area contributed by atoms with E-state index in [9.17, 15) is 4.79 Å². The van der Waals surface area contributed by atoms with Gasteiger partial charge >= 0.3 is 0 Å². The molecular weight excluding hydrogens is 446 g/mol. The lowest BCUT2D eigenvalue weighted by molar-refractivity contribution is -0.928. The fourth-order valence-corrected chi connectivity index (χ4v) is 5.65. The third kappa shape index (κ3) is 4.17. The van der Waals surface area contributed by atoms with Crippen molar-refractivity contribution in [3.63, 3.8) is 0 Å². The first kappa shape index (κ1) is 20.4. The molecule has 3 aliphatic heterocycles. The topological polar surface area (TPSA) is 17.1 Å². The summed E-state index contributed by atoms with van der Waals surface area (Å²) in [6, 6.07) is 29.4. The number of rotatable bonds is 5. The number of fused-ring (bicyclic) bond motifs is 3. The summed E-state index contributed by atoms with van der Waals surface area (Å²) in [6.07, 6.45) is 2.35. The van der Waals surface area contributed by atoms with Gasteiger partial charge < -0.3 is 4.48 Å². The van der Waals surface area contributed by atoms with E-state index in [1.54, 1.807) is 5.57 Å². The monoisotopic (exact) mass is 472 g/mol. The van der Waals surface area contributed by atoms with Crippen LogP contribution in [-0.2, 0) is 0 Å². The minimum absolute atomic E-state index is 0.258. The maximum absolute atomic E-state index is 13.2. The van der Waals surface area contributed by atoms with Crippen LogP contribution in [0, 0.1) is 5.92 Å². The van der Waals surface area contributed by atoms with Gasteiger partial charge in [0.2, 0.25) is 5.78 Å². The Hall–Kier alpha value is -2.49. The van der Waals surface area contributed by atoms with Gasteiger partial charge in [-0.1, -0.05) is 88.7 Å².